The van der Waals surface area contributed by atoms with Crippen molar-refractivity contribution in [2.24, 2.45) is 5.41 Å². The maximum absolute atomic E-state index is 12.8. The number of aliphatic hydroxyl groups is 1. The molecule has 1 aliphatic heterocycles. The predicted octanol–water partition coefficient (Wildman–Crippen LogP) is 3.11. The van der Waals surface area contributed by atoms with Crippen molar-refractivity contribution in [2.45, 2.75) is 31.9 Å². The molecule has 1 saturated heterocycles. The maximum atomic E-state index is 12.8. The van der Waals surface area contributed by atoms with Gasteiger partial charge in [-0.3, -0.25) is 0 Å². The molecule has 1 aromatic rings. The van der Waals surface area contributed by atoms with Gasteiger partial charge in [0.1, 0.15) is 11.5 Å². The minimum atomic E-state index is -4.45. The first-order chi connectivity index (χ1) is 10.9. The Bertz CT molecular complexity index is 510. The Kier molecular flexibility index (Phi) is 5.86. The van der Waals surface area contributed by atoms with Crippen LogP contribution in [0, 0.1) is 5.41 Å². The number of aromatic nitrogens is 1. The SMILES string of the molecule is COCCC[C@]1(CO)CCCN(c2cccc(C(F)(F)F)n2)C1. The zero-order valence-corrected chi connectivity index (χ0v) is 13.3. The van der Waals surface area contributed by atoms with Crippen LogP contribution in [0.2, 0.25) is 0 Å². The van der Waals surface area contributed by atoms with Crippen LogP contribution in [-0.2, 0) is 10.9 Å². The molecular formula is C16H23F3N2O2. The van der Waals surface area contributed by atoms with Gasteiger partial charge >= 0.3 is 6.18 Å². The van der Waals surface area contributed by atoms with Crippen molar-refractivity contribution in [3.8, 4) is 0 Å². The van der Waals surface area contributed by atoms with Crippen LogP contribution < -0.4 is 4.90 Å². The maximum Gasteiger partial charge on any atom is 0.433 e. The van der Waals surface area contributed by atoms with Gasteiger partial charge in [0.25, 0.3) is 0 Å². The Morgan fingerprint density at radius 1 is 1.39 bits per heavy atom. The second-order valence-corrected chi connectivity index (χ2v) is 6.16. The Labute approximate surface area is 134 Å². The number of nitrogens with zero attached hydrogens (tertiary/aromatic N) is 2. The van der Waals surface area contributed by atoms with E-state index in [0.29, 0.717) is 25.5 Å². The largest absolute Gasteiger partial charge is 0.433 e. The van der Waals surface area contributed by atoms with Crippen LogP contribution in [0.15, 0.2) is 18.2 Å². The second-order valence-electron chi connectivity index (χ2n) is 6.16. The van der Waals surface area contributed by atoms with Gasteiger partial charge in [0, 0.05) is 32.2 Å². The highest BCUT2D eigenvalue weighted by Crippen LogP contribution is 2.36. The van der Waals surface area contributed by atoms with Gasteiger partial charge in [-0.05, 0) is 37.8 Å². The molecule has 23 heavy (non-hydrogen) atoms. The van der Waals surface area contributed by atoms with Gasteiger partial charge in [-0.1, -0.05) is 6.07 Å². The zero-order chi connectivity index (χ0) is 16.9. The highest BCUT2D eigenvalue weighted by atomic mass is 19.4. The average molecular weight is 332 g/mol. The molecule has 1 aliphatic rings. The van der Waals surface area contributed by atoms with E-state index in [4.69, 9.17) is 4.74 Å². The predicted molar refractivity (Wildman–Crippen MR) is 81.3 cm³/mol. The van der Waals surface area contributed by atoms with Crippen molar-refractivity contribution in [2.75, 3.05) is 38.3 Å². The number of alkyl halides is 3. The Balaban J connectivity index is 2.14. The van der Waals surface area contributed by atoms with Gasteiger partial charge in [0.2, 0.25) is 0 Å². The summed E-state index contributed by atoms with van der Waals surface area (Å²) >= 11 is 0. The smallest absolute Gasteiger partial charge is 0.396 e. The summed E-state index contributed by atoms with van der Waals surface area (Å²) in [6.45, 7) is 1.80. The van der Waals surface area contributed by atoms with Crippen LogP contribution in [0.25, 0.3) is 0 Å². The fraction of sp³-hybridized carbons (Fsp3) is 0.688. The quantitative estimate of drug-likeness (QED) is 0.813. The lowest BCUT2D eigenvalue weighted by atomic mass is 9.77. The molecule has 1 atom stereocenters. The van der Waals surface area contributed by atoms with Crippen molar-refractivity contribution in [3.63, 3.8) is 0 Å². The van der Waals surface area contributed by atoms with Crippen molar-refractivity contribution < 1.29 is 23.0 Å². The van der Waals surface area contributed by atoms with Crippen LogP contribution in [0.4, 0.5) is 19.0 Å². The van der Waals surface area contributed by atoms with Gasteiger partial charge < -0.3 is 14.7 Å². The van der Waals surface area contributed by atoms with Gasteiger partial charge in [-0.25, -0.2) is 4.98 Å². The summed E-state index contributed by atoms with van der Waals surface area (Å²) in [5, 5.41) is 9.82. The standard InChI is InChI=1S/C16H23F3N2O2/c1-23-10-4-8-15(12-22)7-3-9-21(11-15)14-6-2-5-13(20-14)16(17,18)19/h2,5-6,22H,3-4,7-12H2,1H3/t15-/m1/s1. The first kappa shape index (κ1) is 18.0. The minimum Gasteiger partial charge on any atom is -0.396 e. The number of hydrogen-bond donors (Lipinski definition) is 1. The molecule has 1 fully saturated rings. The number of aliphatic hydroxyl groups excluding tert-OH is 1. The molecule has 2 rings (SSSR count). The van der Waals surface area contributed by atoms with Gasteiger partial charge in [-0.2, -0.15) is 13.2 Å². The van der Waals surface area contributed by atoms with Crippen LogP contribution in [0.5, 0.6) is 0 Å². The summed E-state index contributed by atoms with van der Waals surface area (Å²) in [4.78, 5) is 5.61. The molecule has 0 unspecified atom stereocenters. The Morgan fingerprint density at radius 3 is 2.83 bits per heavy atom. The average Bonchev–Trinajstić information content (AvgIpc) is 2.55. The summed E-state index contributed by atoms with van der Waals surface area (Å²) in [5.41, 5.74) is -1.18. The lowest BCUT2D eigenvalue weighted by Gasteiger charge is -2.42. The minimum absolute atomic E-state index is 0.0200. The van der Waals surface area contributed by atoms with Crippen molar-refractivity contribution in [1.29, 1.82) is 0 Å². The molecule has 1 N–H and O–H groups in total. The zero-order valence-electron chi connectivity index (χ0n) is 13.3. The Hall–Kier alpha value is -1.34. The lowest BCUT2D eigenvalue weighted by Crippen LogP contribution is -2.46. The van der Waals surface area contributed by atoms with Crippen molar-refractivity contribution in [3.05, 3.63) is 23.9 Å². The molecule has 130 valence electrons. The molecule has 0 bridgehead atoms. The molecular weight excluding hydrogens is 309 g/mol. The third kappa shape index (κ3) is 4.57. The fourth-order valence-corrected chi connectivity index (χ4v) is 3.16. The van der Waals surface area contributed by atoms with E-state index in [-0.39, 0.29) is 12.0 Å². The lowest BCUT2D eigenvalue weighted by molar-refractivity contribution is -0.141. The van der Waals surface area contributed by atoms with Crippen LogP contribution in [0.3, 0.4) is 0 Å². The third-order valence-corrected chi connectivity index (χ3v) is 4.40. The Morgan fingerprint density at radius 2 is 2.17 bits per heavy atom. The fourth-order valence-electron chi connectivity index (χ4n) is 3.16. The molecule has 7 heteroatoms. The summed E-state index contributed by atoms with van der Waals surface area (Å²) in [5.74, 6) is 0.323. The monoisotopic (exact) mass is 332 g/mol. The van der Waals surface area contributed by atoms with E-state index < -0.39 is 11.9 Å². The number of pyridine rings is 1. The van der Waals surface area contributed by atoms with Crippen LogP contribution in [-0.4, -0.2) is 43.5 Å². The number of rotatable bonds is 6. The van der Waals surface area contributed by atoms with Crippen molar-refractivity contribution in [1.82, 2.24) is 4.98 Å². The normalized spacial score (nSPS) is 22.4. The van der Waals surface area contributed by atoms with E-state index in [1.165, 1.54) is 6.07 Å². The number of methoxy groups -OCH3 is 1. The molecule has 0 amide bonds. The van der Waals surface area contributed by atoms with E-state index in [0.717, 1.165) is 31.7 Å². The summed E-state index contributed by atoms with van der Waals surface area (Å²) in [7, 11) is 1.63. The molecule has 0 spiro atoms. The molecule has 0 radical (unpaired) electrons. The molecule has 0 saturated carbocycles. The topological polar surface area (TPSA) is 45.6 Å². The number of piperidine rings is 1. The first-order valence-electron chi connectivity index (χ1n) is 7.79. The van der Waals surface area contributed by atoms with E-state index in [9.17, 15) is 18.3 Å². The van der Waals surface area contributed by atoms with Crippen LogP contribution >= 0.6 is 0 Å². The number of hydrogen-bond acceptors (Lipinski definition) is 4. The summed E-state index contributed by atoms with van der Waals surface area (Å²) in [6.07, 6.45) is -1.15. The molecule has 2 heterocycles. The summed E-state index contributed by atoms with van der Waals surface area (Å²) in [6, 6.07) is 3.95. The number of ether oxygens (including phenoxy) is 1. The molecule has 0 aliphatic carbocycles. The van der Waals surface area contributed by atoms with Gasteiger partial charge in [-0.15, -0.1) is 0 Å². The second kappa shape index (κ2) is 7.49. The van der Waals surface area contributed by atoms with E-state index in [2.05, 4.69) is 4.98 Å². The number of halogens is 3. The number of anilines is 1. The van der Waals surface area contributed by atoms with Crippen molar-refractivity contribution >= 4 is 5.82 Å². The van der Waals surface area contributed by atoms with E-state index in [1.807, 2.05) is 4.90 Å². The molecule has 4 nitrogen and oxygen atoms in total. The third-order valence-electron chi connectivity index (χ3n) is 4.40. The van der Waals surface area contributed by atoms with Gasteiger partial charge in [0.15, 0.2) is 0 Å². The van der Waals surface area contributed by atoms with E-state index in [1.54, 1.807) is 13.2 Å². The van der Waals surface area contributed by atoms with Crippen LogP contribution in [0.1, 0.15) is 31.4 Å². The molecule has 1 aromatic heterocycles. The molecule has 0 aromatic carbocycles. The first-order valence-corrected chi connectivity index (χ1v) is 7.79. The summed E-state index contributed by atoms with van der Waals surface area (Å²) < 4.78 is 43.5. The highest BCUT2D eigenvalue weighted by Gasteiger charge is 2.36. The van der Waals surface area contributed by atoms with E-state index >= 15 is 0 Å². The van der Waals surface area contributed by atoms with Gasteiger partial charge in [0.05, 0.1) is 6.61 Å². The highest BCUT2D eigenvalue weighted by molar-refractivity contribution is 5.40.